The number of hydrogen-bond acceptors (Lipinski definition) is 4. The molecule has 0 amide bonds. The number of ether oxygens (including phenoxy) is 2. The lowest BCUT2D eigenvalue weighted by Crippen LogP contribution is -2.14. The fourth-order valence-corrected chi connectivity index (χ4v) is 1.82. The van der Waals surface area contributed by atoms with Gasteiger partial charge in [0.25, 0.3) is 0 Å². The maximum Gasteiger partial charge on any atom is 0.232 e. The van der Waals surface area contributed by atoms with Gasteiger partial charge in [0.05, 0.1) is 0 Å². The largest absolute Gasteiger partial charge is 0.490 e. The van der Waals surface area contributed by atoms with Gasteiger partial charge in [0.1, 0.15) is 19.0 Å². The van der Waals surface area contributed by atoms with E-state index in [4.69, 9.17) is 9.47 Å². The number of nitrogens with one attached hydrogen (secondary N) is 2. The van der Waals surface area contributed by atoms with Crippen molar-refractivity contribution in [3.05, 3.63) is 41.6 Å². The van der Waals surface area contributed by atoms with E-state index in [2.05, 4.69) is 28.5 Å². The van der Waals surface area contributed by atoms with Crippen molar-refractivity contribution in [3.8, 4) is 11.6 Å². The van der Waals surface area contributed by atoms with Crippen LogP contribution in [-0.4, -0.2) is 30.0 Å². The van der Waals surface area contributed by atoms with Crippen LogP contribution in [-0.2, 0) is 6.54 Å². The summed E-state index contributed by atoms with van der Waals surface area (Å²) in [7, 11) is 0. The van der Waals surface area contributed by atoms with Crippen LogP contribution in [0, 0.1) is 6.92 Å². The summed E-state index contributed by atoms with van der Waals surface area (Å²) >= 11 is 0. The number of benzene rings is 1. The summed E-state index contributed by atoms with van der Waals surface area (Å²) in [6, 6.07) is 9.89. The molecule has 2 rings (SSSR count). The Hall–Kier alpha value is -2.01. The summed E-state index contributed by atoms with van der Waals surface area (Å²) in [5, 5.41) is 10.1. The summed E-state index contributed by atoms with van der Waals surface area (Å²) < 4.78 is 11.2. The molecule has 0 spiro atoms. The Bertz CT molecular complexity index is 525. The third kappa shape index (κ3) is 4.28. The highest BCUT2D eigenvalue weighted by atomic mass is 16.5. The smallest absolute Gasteiger partial charge is 0.232 e. The Kier molecular flexibility index (Phi) is 5.43. The summed E-state index contributed by atoms with van der Waals surface area (Å²) in [4.78, 5) is 0. The molecule has 0 radical (unpaired) electrons. The van der Waals surface area contributed by atoms with Crippen molar-refractivity contribution in [3.63, 3.8) is 0 Å². The highest BCUT2D eigenvalue weighted by molar-refractivity contribution is 5.33. The van der Waals surface area contributed by atoms with Crippen LogP contribution in [0.4, 0.5) is 0 Å². The van der Waals surface area contributed by atoms with E-state index in [1.807, 2.05) is 31.2 Å². The molecule has 108 valence electrons. The van der Waals surface area contributed by atoms with Crippen molar-refractivity contribution in [2.75, 3.05) is 19.8 Å². The lowest BCUT2D eigenvalue weighted by Gasteiger charge is -2.11. The zero-order chi connectivity index (χ0) is 14.2. The lowest BCUT2D eigenvalue weighted by molar-refractivity contribution is 0.210. The average Bonchev–Trinajstić information content (AvgIpc) is 2.88. The normalized spacial score (nSPS) is 10.5. The molecule has 0 fully saturated rings. The van der Waals surface area contributed by atoms with Crippen molar-refractivity contribution < 1.29 is 9.47 Å². The number of aryl methyl sites for hydroxylation is 1. The highest BCUT2D eigenvalue weighted by Gasteiger charge is 2.03. The van der Waals surface area contributed by atoms with Gasteiger partial charge in [-0.15, -0.1) is 5.10 Å². The van der Waals surface area contributed by atoms with Crippen LogP contribution in [0.15, 0.2) is 30.3 Å². The Morgan fingerprint density at radius 1 is 1.20 bits per heavy atom. The molecule has 1 heterocycles. The molecule has 0 bridgehead atoms. The van der Waals surface area contributed by atoms with E-state index in [0.29, 0.717) is 19.1 Å². The summed E-state index contributed by atoms with van der Waals surface area (Å²) in [6.07, 6.45) is 0. The molecular formula is C15H21N3O2. The van der Waals surface area contributed by atoms with E-state index in [1.165, 1.54) is 0 Å². The topological polar surface area (TPSA) is 59.2 Å². The van der Waals surface area contributed by atoms with Crippen LogP contribution < -0.4 is 14.8 Å². The molecule has 0 aliphatic carbocycles. The second kappa shape index (κ2) is 7.55. The maximum atomic E-state index is 5.76. The first-order valence-corrected chi connectivity index (χ1v) is 6.86. The van der Waals surface area contributed by atoms with Gasteiger partial charge in [-0.05, 0) is 19.5 Å². The first kappa shape index (κ1) is 14.4. The quantitative estimate of drug-likeness (QED) is 0.726. The number of aromatic amines is 1. The zero-order valence-electron chi connectivity index (χ0n) is 12.0. The molecule has 0 unspecified atom stereocenters. The number of nitrogens with zero attached hydrogens (tertiary/aromatic N) is 1. The molecule has 1 aromatic heterocycles. The second-order valence-electron chi connectivity index (χ2n) is 4.47. The van der Waals surface area contributed by atoms with Gasteiger partial charge in [-0.25, -0.2) is 0 Å². The first-order chi connectivity index (χ1) is 9.79. The number of hydrogen-bond donors (Lipinski definition) is 2. The number of H-pyrrole nitrogens is 1. The predicted octanol–water partition coefficient (Wildman–Crippen LogP) is 2.29. The molecule has 5 heteroatoms. The maximum absolute atomic E-state index is 5.76. The minimum Gasteiger partial charge on any atom is -0.490 e. The van der Waals surface area contributed by atoms with Crippen molar-refractivity contribution in [1.29, 1.82) is 0 Å². The molecule has 0 aliphatic rings. The van der Waals surface area contributed by atoms with Crippen LogP contribution >= 0.6 is 0 Å². The number of para-hydroxylation sites is 1. The van der Waals surface area contributed by atoms with Crippen LogP contribution in [0.3, 0.4) is 0 Å². The van der Waals surface area contributed by atoms with E-state index < -0.39 is 0 Å². The van der Waals surface area contributed by atoms with E-state index in [-0.39, 0.29) is 0 Å². The van der Waals surface area contributed by atoms with Gasteiger partial charge in [0.2, 0.25) is 5.88 Å². The van der Waals surface area contributed by atoms with Crippen LogP contribution in [0.25, 0.3) is 0 Å². The molecule has 0 saturated carbocycles. The summed E-state index contributed by atoms with van der Waals surface area (Å²) in [5.74, 6) is 1.50. The standard InChI is InChI=1S/C15H21N3O2/c1-3-16-11-13-6-4-5-7-14(13)19-8-9-20-15-10-12(2)17-18-15/h4-7,10,16H,3,8-9,11H2,1-2H3,(H,17,18). The van der Waals surface area contributed by atoms with E-state index >= 15 is 0 Å². The lowest BCUT2D eigenvalue weighted by atomic mass is 10.2. The highest BCUT2D eigenvalue weighted by Crippen LogP contribution is 2.17. The summed E-state index contributed by atoms with van der Waals surface area (Å²) in [5.41, 5.74) is 2.14. The van der Waals surface area contributed by atoms with Crippen molar-refractivity contribution in [2.45, 2.75) is 20.4 Å². The minimum absolute atomic E-state index is 0.472. The van der Waals surface area contributed by atoms with Gasteiger partial charge in [0.15, 0.2) is 0 Å². The predicted molar refractivity (Wildman–Crippen MR) is 78.1 cm³/mol. The number of rotatable bonds is 8. The SMILES string of the molecule is CCNCc1ccccc1OCCOc1cc(C)[nH]n1. The third-order valence-electron chi connectivity index (χ3n) is 2.81. The minimum atomic E-state index is 0.472. The molecule has 2 N–H and O–H groups in total. The van der Waals surface area contributed by atoms with Crippen molar-refractivity contribution in [2.24, 2.45) is 0 Å². The van der Waals surface area contributed by atoms with Gasteiger partial charge in [-0.2, -0.15) is 0 Å². The third-order valence-corrected chi connectivity index (χ3v) is 2.81. The van der Waals surface area contributed by atoms with Crippen molar-refractivity contribution in [1.82, 2.24) is 15.5 Å². The van der Waals surface area contributed by atoms with Crippen LogP contribution in [0.2, 0.25) is 0 Å². The number of aromatic nitrogens is 2. The van der Waals surface area contributed by atoms with Gasteiger partial charge in [0, 0.05) is 23.9 Å². The Morgan fingerprint density at radius 3 is 2.75 bits per heavy atom. The summed E-state index contributed by atoms with van der Waals surface area (Å²) in [6.45, 7) is 6.74. The molecule has 0 aliphatic heterocycles. The first-order valence-electron chi connectivity index (χ1n) is 6.86. The fourth-order valence-electron chi connectivity index (χ4n) is 1.82. The average molecular weight is 275 g/mol. The molecule has 2 aromatic rings. The Morgan fingerprint density at radius 2 is 2.00 bits per heavy atom. The van der Waals surface area contributed by atoms with Gasteiger partial charge < -0.3 is 14.8 Å². The monoisotopic (exact) mass is 275 g/mol. The molecule has 0 atom stereocenters. The van der Waals surface area contributed by atoms with Crippen molar-refractivity contribution >= 4 is 0 Å². The van der Waals surface area contributed by atoms with Gasteiger partial charge in [-0.1, -0.05) is 25.1 Å². The molecule has 1 aromatic carbocycles. The van der Waals surface area contributed by atoms with E-state index in [1.54, 1.807) is 0 Å². The Labute approximate surface area is 119 Å². The van der Waals surface area contributed by atoms with E-state index in [0.717, 1.165) is 30.1 Å². The van der Waals surface area contributed by atoms with Crippen LogP contribution in [0.1, 0.15) is 18.2 Å². The van der Waals surface area contributed by atoms with Gasteiger partial charge in [-0.3, -0.25) is 5.10 Å². The molecule has 0 saturated heterocycles. The molecule has 20 heavy (non-hydrogen) atoms. The van der Waals surface area contributed by atoms with E-state index in [9.17, 15) is 0 Å². The van der Waals surface area contributed by atoms with Gasteiger partial charge >= 0.3 is 0 Å². The van der Waals surface area contributed by atoms with Crippen LogP contribution in [0.5, 0.6) is 11.6 Å². The molecular weight excluding hydrogens is 254 g/mol. The second-order valence-corrected chi connectivity index (χ2v) is 4.47. The molecule has 5 nitrogen and oxygen atoms in total. The zero-order valence-corrected chi connectivity index (χ0v) is 12.0. The Balaban J connectivity index is 1.78. The fraction of sp³-hybridized carbons (Fsp3) is 0.400.